The van der Waals surface area contributed by atoms with Gasteiger partial charge in [-0.2, -0.15) is 0 Å². The largest absolute Gasteiger partial charge is 0.461 e. The predicted molar refractivity (Wildman–Crippen MR) is 97.4 cm³/mol. The zero-order valence-corrected chi connectivity index (χ0v) is 15.4. The maximum Gasteiger partial charge on any atom is 0.328 e. The first-order valence-electron chi connectivity index (χ1n) is 9.00. The molecule has 1 aromatic carbocycles. The third kappa shape index (κ3) is 4.94. The third-order valence-corrected chi connectivity index (χ3v) is 5.06. The van der Waals surface area contributed by atoms with Crippen molar-refractivity contribution in [3.8, 4) is 0 Å². The number of nitrogens with zero attached hydrogens (tertiary/aromatic N) is 1. The van der Waals surface area contributed by atoms with E-state index in [0.717, 1.165) is 12.8 Å². The number of esters is 1. The minimum Gasteiger partial charge on any atom is -0.461 e. The molecule has 0 bridgehead atoms. The Balaban J connectivity index is 2.03. The fourth-order valence-corrected chi connectivity index (χ4v) is 3.55. The molecular weight excluding hydrogens is 320 g/mol. The van der Waals surface area contributed by atoms with Crippen LogP contribution in [0.3, 0.4) is 0 Å². The van der Waals surface area contributed by atoms with Gasteiger partial charge < -0.3 is 10.1 Å². The fourth-order valence-electron chi connectivity index (χ4n) is 3.55. The first kappa shape index (κ1) is 19.2. The maximum atomic E-state index is 12.5. The molecule has 0 unspecified atom stereocenters. The summed E-state index contributed by atoms with van der Waals surface area (Å²) in [6.07, 6.45) is 3.04. The van der Waals surface area contributed by atoms with Crippen LogP contribution in [0.4, 0.5) is 11.4 Å². The first-order valence-corrected chi connectivity index (χ1v) is 9.00. The molecule has 25 heavy (non-hydrogen) atoms. The van der Waals surface area contributed by atoms with E-state index in [1.54, 1.807) is 25.1 Å². The Labute approximate surface area is 149 Å². The van der Waals surface area contributed by atoms with E-state index < -0.39 is 11.0 Å². The molecule has 0 saturated heterocycles. The Hall–Kier alpha value is -2.11. The summed E-state index contributed by atoms with van der Waals surface area (Å²) in [5.41, 5.74) is 0.280. The van der Waals surface area contributed by atoms with Gasteiger partial charge in [-0.25, -0.2) is 4.79 Å². The standard InChI is InChI=1S/C19H28N2O4/c1-12(2)15-10-9-13(3)11-18(15)25-19(22)14(4)20-16-7-5-6-8-17(16)21(23)24/h5-8,12-15,18,20H,9-11H2,1-4H3/t13-,14+,15+,18-/m0/s1. The van der Waals surface area contributed by atoms with E-state index in [-0.39, 0.29) is 17.8 Å². The molecule has 1 aromatic rings. The lowest BCUT2D eigenvalue weighted by molar-refractivity contribution is -0.384. The van der Waals surface area contributed by atoms with Crippen molar-refractivity contribution in [3.63, 3.8) is 0 Å². The highest BCUT2D eigenvalue weighted by Crippen LogP contribution is 2.35. The number of carbonyl (C=O) groups is 1. The lowest BCUT2D eigenvalue weighted by Crippen LogP contribution is -2.39. The predicted octanol–water partition coefficient (Wildman–Crippen LogP) is 4.40. The molecule has 6 nitrogen and oxygen atoms in total. The number of hydrogen-bond acceptors (Lipinski definition) is 5. The van der Waals surface area contributed by atoms with Crippen molar-refractivity contribution >= 4 is 17.3 Å². The number of nitro groups is 1. The van der Waals surface area contributed by atoms with Gasteiger partial charge in [0.05, 0.1) is 4.92 Å². The van der Waals surface area contributed by atoms with E-state index in [4.69, 9.17) is 4.74 Å². The molecule has 1 aliphatic rings. The quantitative estimate of drug-likeness (QED) is 0.468. The van der Waals surface area contributed by atoms with Crippen molar-refractivity contribution in [2.45, 2.75) is 59.1 Å². The lowest BCUT2D eigenvalue weighted by atomic mass is 9.75. The average molecular weight is 348 g/mol. The normalized spacial score (nSPS) is 24.6. The number of ether oxygens (including phenoxy) is 1. The molecule has 2 rings (SSSR count). The van der Waals surface area contributed by atoms with Crippen LogP contribution >= 0.6 is 0 Å². The van der Waals surface area contributed by atoms with E-state index in [1.807, 2.05) is 0 Å². The summed E-state index contributed by atoms with van der Waals surface area (Å²) in [5, 5.41) is 14.0. The van der Waals surface area contributed by atoms with Gasteiger partial charge in [0.25, 0.3) is 5.69 Å². The number of nitrogens with one attached hydrogen (secondary N) is 1. The van der Waals surface area contributed by atoms with E-state index in [0.29, 0.717) is 23.4 Å². The average Bonchev–Trinajstić information content (AvgIpc) is 2.54. The summed E-state index contributed by atoms with van der Waals surface area (Å²) in [6.45, 7) is 8.19. The van der Waals surface area contributed by atoms with Crippen LogP contribution in [0.15, 0.2) is 24.3 Å². The second-order valence-electron chi connectivity index (χ2n) is 7.44. The zero-order valence-electron chi connectivity index (χ0n) is 15.4. The molecule has 0 spiro atoms. The van der Waals surface area contributed by atoms with E-state index in [1.165, 1.54) is 12.5 Å². The monoisotopic (exact) mass is 348 g/mol. The van der Waals surface area contributed by atoms with Crippen LogP contribution in [-0.4, -0.2) is 23.0 Å². The molecule has 0 amide bonds. The topological polar surface area (TPSA) is 81.5 Å². The smallest absolute Gasteiger partial charge is 0.328 e. The van der Waals surface area contributed by atoms with Gasteiger partial charge in [-0.05, 0) is 43.6 Å². The van der Waals surface area contributed by atoms with Gasteiger partial charge in [-0.3, -0.25) is 10.1 Å². The minimum atomic E-state index is -0.647. The molecule has 4 atom stereocenters. The van der Waals surface area contributed by atoms with Gasteiger partial charge in [0.1, 0.15) is 17.8 Å². The number of rotatable bonds is 6. The molecule has 0 heterocycles. The van der Waals surface area contributed by atoms with Crippen LogP contribution in [0.2, 0.25) is 0 Å². The molecule has 1 aliphatic carbocycles. The SMILES string of the molecule is CC(C)[C@H]1CC[C@H](C)C[C@@H]1OC(=O)[C@@H](C)Nc1ccccc1[N+](=O)[O-]. The lowest BCUT2D eigenvalue weighted by Gasteiger charge is -2.37. The summed E-state index contributed by atoms with van der Waals surface area (Å²) in [7, 11) is 0. The van der Waals surface area contributed by atoms with Crippen molar-refractivity contribution in [2.75, 3.05) is 5.32 Å². The van der Waals surface area contributed by atoms with Crippen LogP contribution in [0.25, 0.3) is 0 Å². The summed E-state index contributed by atoms with van der Waals surface area (Å²) in [4.78, 5) is 23.2. The third-order valence-electron chi connectivity index (χ3n) is 5.06. The number of para-hydroxylation sites is 2. The molecule has 1 fully saturated rings. The van der Waals surface area contributed by atoms with Crippen molar-refractivity contribution in [2.24, 2.45) is 17.8 Å². The number of benzene rings is 1. The Morgan fingerprint density at radius 3 is 2.60 bits per heavy atom. The highest BCUT2D eigenvalue weighted by molar-refractivity contribution is 5.80. The molecule has 0 aromatic heterocycles. The van der Waals surface area contributed by atoms with Crippen molar-refractivity contribution < 1.29 is 14.5 Å². The molecule has 1 saturated carbocycles. The van der Waals surface area contributed by atoms with Gasteiger partial charge in [-0.15, -0.1) is 0 Å². The molecular formula is C19H28N2O4. The number of nitro benzene ring substituents is 1. The highest BCUT2D eigenvalue weighted by atomic mass is 16.6. The Bertz CT molecular complexity index is 617. The molecule has 138 valence electrons. The minimum absolute atomic E-state index is 0.0477. The van der Waals surface area contributed by atoms with Gasteiger partial charge in [0, 0.05) is 6.07 Å². The van der Waals surface area contributed by atoms with Crippen LogP contribution in [-0.2, 0) is 9.53 Å². The van der Waals surface area contributed by atoms with Crippen molar-refractivity contribution in [1.29, 1.82) is 0 Å². The molecule has 0 aliphatic heterocycles. The Morgan fingerprint density at radius 1 is 1.28 bits per heavy atom. The first-order chi connectivity index (χ1) is 11.8. The fraction of sp³-hybridized carbons (Fsp3) is 0.632. The second-order valence-corrected chi connectivity index (χ2v) is 7.44. The summed E-state index contributed by atoms with van der Waals surface area (Å²) in [5.74, 6) is 1.02. The van der Waals surface area contributed by atoms with Crippen LogP contribution < -0.4 is 5.32 Å². The van der Waals surface area contributed by atoms with Crippen molar-refractivity contribution in [3.05, 3.63) is 34.4 Å². The zero-order chi connectivity index (χ0) is 18.6. The molecule has 6 heteroatoms. The highest BCUT2D eigenvalue weighted by Gasteiger charge is 2.34. The van der Waals surface area contributed by atoms with E-state index in [9.17, 15) is 14.9 Å². The summed E-state index contributed by atoms with van der Waals surface area (Å²) < 4.78 is 5.80. The Kier molecular flexibility index (Phi) is 6.39. The Morgan fingerprint density at radius 2 is 1.96 bits per heavy atom. The van der Waals surface area contributed by atoms with Gasteiger partial charge in [-0.1, -0.05) is 39.3 Å². The van der Waals surface area contributed by atoms with E-state index >= 15 is 0 Å². The molecule has 0 radical (unpaired) electrons. The number of hydrogen-bond donors (Lipinski definition) is 1. The van der Waals surface area contributed by atoms with Gasteiger partial charge in [0.2, 0.25) is 0 Å². The van der Waals surface area contributed by atoms with Gasteiger partial charge >= 0.3 is 5.97 Å². The summed E-state index contributed by atoms with van der Waals surface area (Å²) >= 11 is 0. The maximum absolute atomic E-state index is 12.5. The van der Waals surface area contributed by atoms with Crippen LogP contribution in [0, 0.1) is 27.9 Å². The van der Waals surface area contributed by atoms with Crippen LogP contribution in [0.5, 0.6) is 0 Å². The summed E-state index contributed by atoms with van der Waals surface area (Å²) in [6, 6.07) is 5.67. The van der Waals surface area contributed by atoms with Gasteiger partial charge in [0.15, 0.2) is 0 Å². The number of anilines is 1. The second kappa shape index (κ2) is 8.32. The number of carbonyl (C=O) groups excluding carboxylic acids is 1. The molecule has 1 N–H and O–H groups in total. The van der Waals surface area contributed by atoms with Crippen LogP contribution in [0.1, 0.15) is 47.0 Å². The van der Waals surface area contributed by atoms with Crippen molar-refractivity contribution in [1.82, 2.24) is 0 Å². The van der Waals surface area contributed by atoms with E-state index in [2.05, 4.69) is 26.1 Å².